The monoisotopic (exact) mass is 500 g/mol. The standard InChI is InChI=1S/C21H20F4N4O4S/c1-3-13-5-4-6-15(22)19(13)33-20-26-16(14-7-8-18(30)29(2)12-14)11-17(27-20)28-34(31,32)10-9-21(23,24)25/h4-8,11-12H,3,9-10H2,1-2H3,(H,26,27,28). The molecule has 0 atom stereocenters. The van der Waals surface area contributed by atoms with Gasteiger partial charge in [0.15, 0.2) is 11.6 Å². The molecule has 34 heavy (non-hydrogen) atoms. The van der Waals surface area contributed by atoms with Crippen molar-refractivity contribution in [3.05, 3.63) is 64.3 Å². The van der Waals surface area contributed by atoms with Gasteiger partial charge in [0.25, 0.3) is 0 Å². The van der Waals surface area contributed by atoms with Gasteiger partial charge in [-0.15, -0.1) is 0 Å². The smallest absolute Gasteiger partial charge is 0.390 e. The van der Waals surface area contributed by atoms with Gasteiger partial charge < -0.3 is 9.30 Å². The number of nitrogens with one attached hydrogen (secondary N) is 1. The molecule has 2 heterocycles. The van der Waals surface area contributed by atoms with E-state index in [2.05, 4.69) is 9.97 Å². The highest BCUT2D eigenvalue weighted by atomic mass is 32.2. The summed E-state index contributed by atoms with van der Waals surface area (Å²) in [6.07, 6.45) is -4.41. The van der Waals surface area contributed by atoms with Crippen LogP contribution in [0.15, 0.2) is 47.4 Å². The van der Waals surface area contributed by atoms with Crippen LogP contribution in [0.5, 0.6) is 11.8 Å². The lowest BCUT2D eigenvalue weighted by Gasteiger charge is -2.14. The number of sulfonamides is 1. The fourth-order valence-electron chi connectivity index (χ4n) is 2.91. The summed E-state index contributed by atoms with van der Waals surface area (Å²) in [5, 5.41) is 0. The van der Waals surface area contributed by atoms with Gasteiger partial charge in [-0.1, -0.05) is 19.1 Å². The Morgan fingerprint density at radius 2 is 1.88 bits per heavy atom. The van der Waals surface area contributed by atoms with Crippen LogP contribution in [0.2, 0.25) is 0 Å². The molecule has 0 spiro atoms. The summed E-state index contributed by atoms with van der Waals surface area (Å²) in [4.78, 5) is 19.8. The molecule has 3 rings (SSSR count). The zero-order valence-corrected chi connectivity index (χ0v) is 18.9. The summed E-state index contributed by atoms with van der Waals surface area (Å²) in [6.45, 7) is 1.77. The molecule has 0 radical (unpaired) electrons. The van der Waals surface area contributed by atoms with Gasteiger partial charge in [0, 0.05) is 30.9 Å². The molecule has 0 bridgehead atoms. The third-order valence-electron chi connectivity index (χ3n) is 4.62. The number of rotatable bonds is 8. The topological polar surface area (TPSA) is 103 Å². The first-order valence-electron chi connectivity index (χ1n) is 9.95. The summed E-state index contributed by atoms with van der Waals surface area (Å²) >= 11 is 0. The van der Waals surface area contributed by atoms with Crippen LogP contribution < -0.4 is 15.0 Å². The number of ether oxygens (including phenoxy) is 1. The predicted octanol–water partition coefficient (Wildman–Crippen LogP) is 4.03. The average Bonchev–Trinajstić information content (AvgIpc) is 2.75. The minimum atomic E-state index is -4.67. The van der Waals surface area contributed by atoms with Crippen LogP contribution in [0.4, 0.5) is 23.4 Å². The van der Waals surface area contributed by atoms with Crippen LogP contribution in [0.1, 0.15) is 18.9 Å². The number of anilines is 1. The van der Waals surface area contributed by atoms with Crippen molar-refractivity contribution in [2.75, 3.05) is 10.5 Å². The molecular weight excluding hydrogens is 480 g/mol. The average molecular weight is 500 g/mol. The van der Waals surface area contributed by atoms with Crippen molar-refractivity contribution in [3.63, 3.8) is 0 Å². The Labute approximate surface area is 192 Å². The molecule has 0 aliphatic heterocycles. The summed E-state index contributed by atoms with van der Waals surface area (Å²) in [7, 11) is -2.95. The van der Waals surface area contributed by atoms with Gasteiger partial charge in [0.05, 0.1) is 17.9 Å². The molecular formula is C21H20F4N4O4S. The SMILES string of the molecule is CCc1cccc(F)c1Oc1nc(NS(=O)(=O)CCC(F)(F)F)cc(-c2ccc(=O)n(C)c2)n1. The maximum atomic E-state index is 14.4. The van der Waals surface area contributed by atoms with Gasteiger partial charge in [0.2, 0.25) is 15.6 Å². The van der Waals surface area contributed by atoms with Crippen molar-refractivity contribution in [2.24, 2.45) is 7.05 Å². The van der Waals surface area contributed by atoms with Crippen LogP contribution >= 0.6 is 0 Å². The van der Waals surface area contributed by atoms with Crippen molar-refractivity contribution >= 4 is 15.8 Å². The van der Waals surface area contributed by atoms with Gasteiger partial charge in [-0.25, -0.2) is 12.8 Å². The number of nitrogens with zero attached hydrogens (tertiary/aromatic N) is 3. The first-order valence-corrected chi connectivity index (χ1v) is 11.6. The summed E-state index contributed by atoms with van der Waals surface area (Å²) in [5.41, 5.74) is 0.613. The number of para-hydroxylation sites is 1. The number of aryl methyl sites for hydroxylation is 2. The highest BCUT2D eigenvalue weighted by Crippen LogP contribution is 2.30. The van der Waals surface area contributed by atoms with Crippen LogP contribution in [0, 0.1) is 5.82 Å². The number of halogens is 4. The number of hydrogen-bond donors (Lipinski definition) is 1. The van der Waals surface area contributed by atoms with E-state index in [1.165, 1.54) is 42.1 Å². The Morgan fingerprint density at radius 1 is 1.15 bits per heavy atom. The molecule has 1 aromatic carbocycles. The second-order valence-corrected chi connectivity index (χ2v) is 9.10. The maximum Gasteiger partial charge on any atom is 0.390 e. The largest absolute Gasteiger partial charge is 0.421 e. The molecule has 2 aromatic heterocycles. The molecule has 0 fully saturated rings. The lowest BCUT2D eigenvalue weighted by Crippen LogP contribution is -2.22. The van der Waals surface area contributed by atoms with E-state index in [1.54, 1.807) is 13.0 Å². The lowest BCUT2D eigenvalue weighted by molar-refractivity contribution is -0.129. The summed E-state index contributed by atoms with van der Waals surface area (Å²) < 4.78 is 85.0. The third-order valence-corrected chi connectivity index (χ3v) is 5.89. The highest BCUT2D eigenvalue weighted by molar-refractivity contribution is 7.92. The number of benzene rings is 1. The quantitative estimate of drug-likeness (QED) is 0.469. The molecule has 1 N–H and O–H groups in total. The van der Waals surface area contributed by atoms with Gasteiger partial charge in [0.1, 0.15) is 5.82 Å². The van der Waals surface area contributed by atoms with Crippen molar-refractivity contribution in [1.82, 2.24) is 14.5 Å². The van der Waals surface area contributed by atoms with Crippen molar-refractivity contribution < 1.29 is 30.7 Å². The molecule has 182 valence electrons. The van der Waals surface area contributed by atoms with E-state index in [1.807, 2.05) is 4.72 Å². The summed E-state index contributed by atoms with van der Waals surface area (Å²) in [6, 6.07) is 7.65. The first-order chi connectivity index (χ1) is 15.9. The number of pyridine rings is 1. The molecule has 0 saturated heterocycles. The van der Waals surface area contributed by atoms with Crippen LogP contribution in [-0.2, 0) is 23.5 Å². The van der Waals surface area contributed by atoms with Crippen LogP contribution in [-0.4, -0.2) is 34.9 Å². The van der Waals surface area contributed by atoms with Crippen molar-refractivity contribution in [2.45, 2.75) is 25.9 Å². The first kappa shape index (κ1) is 25.1. The fourth-order valence-corrected chi connectivity index (χ4v) is 3.94. The minimum Gasteiger partial charge on any atom is -0.421 e. The number of aromatic nitrogens is 3. The summed E-state index contributed by atoms with van der Waals surface area (Å²) in [5.74, 6) is -2.49. The molecule has 0 saturated carbocycles. The molecule has 0 aliphatic carbocycles. The van der Waals surface area contributed by atoms with E-state index in [4.69, 9.17) is 4.74 Å². The van der Waals surface area contributed by atoms with Crippen LogP contribution in [0.3, 0.4) is 0 Å². The molecule has 8 nitrogen and oxygen atoms in total. The molecule has 13 heteroatoms. The van der Waals surface area contributed by atoms with Gasteiger partial charge in [-0.2, -0.15) is 23.1 Å². The highest BCUT2D eigenvalue weighted by Gasteiger charge is 2.30. The Morgan fingerprint density at radius 3 is 2.53 bits per heavy atom. The zero-order chi connectivity index (χ0) is 25.1. The molecule has 0 unspecified atom stereocenters. The third kappa shape index (κ3) is 6.53. The molecule has 3 aromatic rings. The Balaban J connectivity index is 2.05. The van der Waals surface area contributed by atoms with E-state index < -0.39 is 40.2 Å². The number of hydrogen-bond acceptors (Lipinski definition) is 6. The number of alkyl halides is 3. The van der Waals surface area contributed by atoms with E-state index in [9.17, 15) is 30.8 Å². The van der Waals surface area contributed by atoms with Crippen molar-refractivity contribution in [3.8, 4) is 23.0 Å². The fraction of sp³-hybridized carbons (Fsp3) is 0.286. The lowest BCUT2D eigenvalue weighted by atomic mass is 10.1. The van der Waals surface area contributed by atoms with E-state index >= 15 is 0 Å². The predicted molar refractivity (Wildman–Crippen MR) is 117 cm³/mol. The maximum absolute atomic E-state index is 14.4. The van der Waals surface area contributed by atoms with Gasteiger partial charge >= 0.3 is 12.2 Å². The molecule has 0 amide bonds. The Bertz CT molecular complexity index is 1360. The second kappa shape index (κ2) is 9.79. The van der Waals surface area contributed by atoms with E-state index in [-0.39, 0.29) is 22.8 Å². The van der Waals surface area contributed by atoms with E-state index in [0.29, 0.717) is 17.5 Å². The normalized spacial score (nSPS) is 11.9. The minimum absolute atomic E-state index is 0.0866. The Hall–Kier alpha value is -3.48. The van der Waals surface area contributed by atoms with Crippen molar-refractivity contribution in [1.29, 1.82) is 0 Å². The van der Waals surface area contributed by atoms with Gasteiger partial charge in [-0.3, -0.25) is 9.52 Å². The Kier molecular flexibility index (Phi) is 7.24. The van der Waals surface area contributed by atoms with Gasteiger partial charge in [-0.05, 0) is 24.1 Å². The molecule has 0 aliphatic rings. The van der Waals surface area contributed by atoms with Crippen LogP contribution in [0.25, 0.3) is 11.3 Å². The second-order valence-electron chi connectivity index (χ2n) is 7.26. The zero-order valence-electron chi connectivity index (χ0n) is 18.1. The van der Waals surface area contributed by atoms with E-state index in [0.717, 1.165) is 6.07 Å².